The fraction of sp³-hybridized carbons (Fsp3) is 0.417. The maximum atomic E-state index is 4.32. The Morgan fingerprint density at radius 2 is 2.00 bits per heavy atom. The van der Waals surface area contributed by atoms with E-state index in [-0.39, 0.29) is 5.41 Å². The van der Waals surface area contributed by atoms with Gasteiger partial charge in [-0.1, -0.05) is 20.8 Å². The Morgan fingerprint density at radius 3 is 2.64 bits per heavy atom. The van der Waals surface area contributed by atoms with Gasteiger partial charge in [0.05, 0.1) is 0 Å². The molecule has 0 unspecified atom stereocenters. The summed E-state index contributed by atoms with van der Waals surface area (Å²) in [7, 11) is 0. The third kappa shape index (κ3) is 1.41. The highest BCUT2D eigenvalue weighted by atomic mass is 14.8. The summed E-state index contributed by atoms with van der Waals surface area (Å²) in [6.07, 6.45) is 1.87. The van der Waals surface area contributed by atoms with Gasteiger partial charge in [-0.3, -0.25) is 0 Å². The molecule has 0 fully saturated rings. The summed E-state index contributed by atoms with van der Waals surface area (Å²) in [5, 5.41) is 1.25. The maximum Gasteiger partial charge on any atom is 0.137 e. The molecule has 2 nitrogen and oxygen atoms in total. The Hall–Kier alpha value is -1.31. The highest BCUT2D eigenvalue weighted by Crippen LogP contribution is 2.28. The normalized spacial score (nSPS) is 12.3. The first-order valence-corrected chi connectivity index (χ1v) is 4.93. The van der Waals surface area contributed by atoms with Gasteiger partial charge in [0.15, 0.2) is 0 Å². The Kier molecular flexibility index (Phi) is 1.88. The van der Waals surface area contributed by atoms with Crippen LogP contribution in [0.3, 0.4) is 0 Å². The van der Waals surface area contributed by atoms with Gasteiger partial charge < -0.3 is 4.98 Å². The van der Waals surface area contributed by atoms with Crippen LogP contribution in [0.25, 0.3) is 11.0 Å². The molecule has 0 saturated carbocycles. The molecule has 2 aromatic heterocycles. The first-order valence-electron chi connectivity index (χ1n) is 4.93. The molecular weight excluding hydrogens is 172 g/mol. The summed E-state index contributed by atoms with van der Waals surface area (Å²) < 4.78 is 0. The highest BCUT2D eigenvalue weighted by Gasteiger charge is 2.17. The number of hydrogen-bond donors (Lipinski definition) is 1. The molecule has 2 heterocycles. The highest BCUT2D eigenvalue weighted by molar-refractivity contribution is 5.81. The molecule has 0 aromatic carbocycles. The van der Waals surface area contributed by atoms with Crippen molar-refractivity contribution in [3.63, 3.8) is 0 Å². The average Bonchev–Trinajstić information content (AvgIpc) is 2.41. The lowest BCUT2D eigenvalue weighted by molar-refractivity contribution is 0.595. The van der Waals surface area contributed by atoms with Crippen molar-refractivity contribution >= 4 is 11.0 Å². The number of H-pyrrole nitrogens is 1. The van der Waals surface area contributed by atoms with Crippen molar-refractivity contribution in [2.45, 2.75) is 33.1 Å². The van der Waals surface area contributed by atoms with E-state index in [2.05, 4.69) is 49.8 Å². The second-order valence-corrected chi connectivity index (χ2v) is 4.82. The molecule has 0 amide bonds. The second-order valence-electron chi connectivity index (χ2n) is 4.82. The lowest BCUT2D eigenvalue weighted by Gasteiger charge is -2.19. The molecule has 0 aliphatic carbocycles. The third-order valence-electron chi connectivity index (χ3n) is 2.47. The number of aromatic nitrogens is 2. The van der Waals surface area contributed by atoms with Crippen LogP contribution in [0.5, 0.6) is 0 Å². The molecule has 0 bridgehead atoms. The van der Waals surface area contributed by atoms with Gasteiger partial charge in [0, 0.05) is 17.3 Å². The van der Waals surface area contributed by atoms with Gasteiger partial charge in [0.25, 0.3) is 0 Å². The van der Waals surface area contributed by atoms with Crippen LogP contribution in [0.2, 0.25) is 0 Å². The van der Waals surface area contributed by atoms with Gasteiger partial charge >= 0.3 is 0 Å². The lowest BCUT2D eigenvalue weighted by atomic mass is 9.86. The van der Waals surface area contributed by atoms with Crippen molar-refractivity contribution < 1.29 is 0 Å². The monoisotopic (exact) mass is 188 g/mol. The Balaban J connectivity index is 2.77. The topological polar surface area (TPSA) is 28.7 Å². The van der Waals surface area contributed by atoms with Crippen LogP contribution in [-0.4, -0.2) is 9.97 Å². The SMILES string of the molecule is Cc1cc2c(C(C)(C)C)ccnc2[nH]1. The van der Waals surface area contributed by atoms with Crippen molar-refractivity contribution in [1.29, 1.82) is 0 Å². The largest absolute Gasteiger partial charge is 0.344 e. The van der Waals surface area contributed by atoms with E-state index >= 15 is 0 Å². The number of hydrogen-bond acceptors (Lipinski definition) is 1. The summed E-state index contributed by atoms with van der Waals surface area (Å²) in [6.45, 7) is 8.74. The Bertz CT molecular complexity index is 461. The Morgan fingerprint density at radius 1 is 1.29 bits per heavy atom. The summed E-state index contributed by atoms with van der Waals surface area (Å²) in [5.74, 6) is 0. The molecule has 14 heavy (non-hydrogen) atoms. The molecule has 2 heteroatoms. The van der Waals surface area contributed by atoms with Gasteiger partial charge in [0.2, 0.25) is 0 Å². The lowest BCUT2D eigenvalue weighted by Crippen LogP contribution is -2.11. The molecule has 74 valence electrons. The van der Waals surface area contributed by atoms with E-state index in [1.807, 2.05) is 6.20 Å². The minimum Gasteiger partial charge on any atom is -0.344 e. The van der Waals surface area contributed by atoms with Crippen LogP contribution >= 0.6 is 0 Å². The standard InChI is InChI=1S/C12H16N2/c1-8-7-9-10(12(2,3)4)5-6-13-11(9)14-8/h5-7H,1-4H3,(H,13,14). The van der Waals surface area contributed by atoms with Gasteiger partial charge in [-0.2, -0.15) is 0 Å². The molecule has 0 spiro atoms. The molecule has 0 saturated heterocycles. The number of pyridine rings is 1. The molecule has 0 aliphatic rings. The van der Waals surface area contributed by atoms with E-state index in [9.17, 15) is 0 Å². The van der Waals surface area contributed by atoms with E-state index in [0.29, 0.717) is 0 Å². The summed E-state index contributed by atoms with van der Waals surface area (Å²) >= 11 is 0. The van der Waals surface area contributed by atoms with Crippen molar-refractivity contribution in [1.82, 2.24) is 9.97 Å². The quantitative estimate of drug-likeness (QED) is 0.676. The summed E-state index contributed by atoms with van der Waals surface area (Å²) in [4.78, 5) is 7.58. The third-order valence-corrected chi connectivity index (χ3v) is 2.47. The maximum absolute atomic E-state index is 4.32. The fourth-order valence-electron chi connectivity index (χ4n) is 1.81. The van der Waals surface area contributed by atoms with E-state index in [4.69, 9.17) is 0 Å². The number of nitrogens with one attached hydrogen (secondary N) is 1. The molecular formula is C12H16N2. The molecule has 0 atom stereocenters. The number of nitrogens with zero attached hydrogens (tertiary/aromatic N) is 1. The van der Waals surface area contributed by atoms with Crippen molar-refractivity contribution in [3.8, 4) is 0 Å². The van der Waals surface area contributed by atoms with Crippen molar-refractivity contribution in [2.75, 3.05) is 0 Å². The fourth-order valence-corrected chi connectivity index (χ4v) is 1.81. The van der Waals surface area contributed by atoms with Gasteiger partial charge in [-0.05, 0) is 30.0 Å². The van der Waals surface area contributed by atoms with E-state index in [1.54, 1.807) is 0 Å². The first-order chi connectivity index (χ1) is 6.48. The van der Waals surface area contributed by atoms with Gasteiger partial charge in [-0.25, -0.2) is 4.98 Å². The predicted molar refractivity (Wildman–Crippen MR) is 59.5 cm³/mol. The van der Waals surface area contributed by atoms with Crippen LogP contribution < -0.4 is 0 Å². The molecule has 0 radical (unpaired) electrons. The summed E-state index contributed by atoms with van der Waals surface area (Å²) in [5.41, 5.74) is 3.70. The Labute approximate surface area is 84.4 Å². The van der Waals surface area contributed by atoms with Crippen LogP contribution in [0.15, 0.2) is 18.3 Å². The number of aryl methyl sites for hydroxylation is 1. The number of rotatable bonds is 0. The zero-order chi connectivity index (χ0) is 10.3. The zero-order valence-corrected chi connectivity index (χ0v) is 9.18. The average molecular weight is 188 g/mol. The van der Waals surface area contributed by atoms with Crippen LogP contribution in [0.4, 0.5) is 0 Å². The van der Waals surface area contributed by atoms with E-state index < -0.39 is 0 Å². The first kappa shape index (κ1) is 9.25. The van der Waals surface area contributed by atoms with Crippen molar-refractivity contribution in [3.05, 3.63) is 29.6 Å². The van der Waals surface area contributed by atoms with Gasteiger partial charge in [-0.15, -0.1) is 0 Å². The summed E-state index contributed by atoms with van der Waals surface area (Å²) in [6, 6.07) is 4.28. The number of aromatic amines is 1. The zero-order valence-electron chi connectivity index (χ0n) is 9.18. The van der Waals surface area contributed by atoms with Crippen LogP contribution in [0, 0.1) is 6.92 Å². The predicted octanol–water partition coefficient (Wildman–Crippen LogP) is 3.17. The van der Waals surface area contributed by atoms with Crippen LogP contribution in [0.1, 0.15) is 32.0 Å². The molecule has 2 rings (SSSR count). The van der Waals surface area contributed by atoms with Crippen LogP contribution in [-0.2, 0) is 5.41 Å². The number of fused-ring (bicyclic) bond motifs is 1. The van der Waals surface area contributed by atoms with Crippen molar-refractivity contribution in [2.24, 2.45) is 0 Å². The molecule has 2 aromatic rings. The smallest absolute Gasteiger partial charge is 0.137 e. The molecule has 1 N–H and O–H groups in total. The molecule has 0 aliphatic heterocycles. The minimum atomic E-state index is 0.176. The van der Waals surface area contributed by atoms with E-state index in [1.165, 1.54) is 16.6 Å². The minimum absolute atomic E-state index is 0.176. The second kappa shape index (κ2) is 2.84. The van der Waals surface area contributed by atoms with Gasteiger partial charge in [0.1, 0.15) is 5.65 Å². The van der Waals surface area contributed by atoms with E-state index in [0.717, 1.165) is 5.65 Å².